The first kappa shape index (κ1) is 8.62. The predicted molar refractivity (Wildman–Crippen MR) is 60.2 cm³/mol. The van der Waals surface area contributed by atoms with Crippen molar-refractivity contribution in [3.05, 3.63) is 46.3 Å². The molecular weight excluding hydrogens is 275 g/mol. The van der Waals surface area contributed by atoms with Crippen molar-refractivity contribution in [2.45, 2.75) is 0 Å². The summed E-state index contributed by atoms with van der Waals surface area (Å²) >= 11 is 2.23. The summed E-state index contributed by atoms with van der Waals surface area (Å²) in [5.41, 5.74) is 1.83. The van der Waals surface area contributed by atoms with Crippen LogP contribution in [0, 0.1) is 3.57 Å². The fourth-order valence-electron chi connectivity index (χ4n) is 1.04. The van der Waals surface area contributed by atoms with Gasteiger partial charge in [0, 0.05) is 16.0 Å². The van der Waals surface area contributed by atoms with Crippen LogP contribution < -0.4 is 0 Å². The van der Waals surface area contributed by atoms with Gasteiger partial charge in [0.1, 0.15) is 0 Å². The molecule has 0 fully saturated rings. The first-order valence-electron chi connectivity index (χ1n) is 3.89. The molecule has 2 rings (SSSR count). The molecule has 0 aromatic carbocycles. The lowest BCUT2D eigenvalue weighted by atomic mass is 10.2. The maximum absolute atomic E-state index is 4.28. The summed E-state index contributed by atoms with van der Waals surface area (Å²) in [6, 6.07) is 9.81. The van der Waals surface area contributed by atoms with Gasteiger partial charge >= 0.3 is 0 Å². The van der Waals surface area contributed by atoms with E-state index in [4.69, 9.17) is 0 Å². The van der Waals surface area contributed by atoms with Crippen molar-refractivity contribution in [2.24, 2.45) is 0 Å². The Balaban J connectivity index is 2.42. The highest BCUT2D eigenvalue weighted by atomic mass is 127. The van der Waals surface area contributed by atoms with Gasteiger partial charge in [-0.1, -0.05) is 6.07 Å². The Hall–Kier alpha value is -0.970. The molecule has 64 valence electrons. The monoisotopic (exact) mass is 282 g/mol. The number of hydrogen-bond donors (Lipinski definition) is 0. The Labute approximate surface area is 90.2 Å². The molecule has 0 saturated carbocycles. The summed E-state index contributed by atoms with van der Waals surface area (Å²) in [6.45, 7) is 0. The van der Waals surface area contributed by atoms with Crippen molar-refractivity contribution in [2.75, 3.05) is 0 Å². The average Bonchev–Trinajstić information content (AvgIpc) is 2.20. The van der Waals surface area contributed by atoms with Gasteiger partial charge < -0.3 is 0 Å². The van der Waals surface area contributed by atoms with E-state index in [0.717, 1.165) is 15.0 Å². The molecular formula is C10H7IN2. The van der Waals surface area contributed by atoms with E-state index in [1.807, 2.05) is 36.5 Å². The standard InChI is InChI=1S/C10H7IN2/c11-8-4-5-10(13-7-8)9-3-1-2-6-12-9/h1-7H. The van der Waals surface area contributed by atoms with Crippen LogP contribution in [0.15, 0.2) is 42.7 Å². The van der Waals surface area contributed by atoms with Crippen LogP contribution in [-0.2, 0) is 0 Å². The van der Waals surface area contributed by atoms with E-state index >= 15 is 0 Å². The van der Waals surface area contributed by atoms with Crippen LogP contribution in [0.25, 0.3) is 11.4 Å². The molecule has 2 aromatic heterocycles. The van der Waals surface area contributed by atoms with Gasteiger partial charge in [-0.05, 0) is 46.9 Å². The first-order chi connectivity index (χ1) is 6.36. The number of rotatable bonds is 1. The molecule has 0 saturated heterocycles. The highest BCUT2D eigenvalue weighted by Crippen LogP contribution is 2.13. The fraction of sp³-hybridized carbons (Fsp3) is 0. The zero-order valence-corrected chi connectivity index (χ0v) is 8.97. The van der Waals surface area contributed by atoms with E-state index in [9.17, 15) is 0 Å². The Morgan fingerprint density at radius 1 is 0.923 bits per heavy atom. The van der Waals surface area contributed by atoms with Gasteiger partial charge in [0.25, 0.3) is 0 Å². The molecule has 2 nitrogen and oxygen atoms in total. The van der Waals surface area contributed by atoms with E-state index in [2.05, 4.69) is 32.6 Å². The molecule has 3 heteroatoms. The van der Waals surface area contributed by atoms with Crippen LogP contribution in [0.4, 0.5) is 0 Å². The zero-order chi connectivity index (χ0) is 9.10. The summed E-state index contributed by atoms with van der Waals surface area (Å²) in [5.74, 6) is 0. The van der Waals surface area contributed by atoms with Crippen LogP contribution >= 0.6 is 22.6 Å². The van der Waals surface area contributed by atoms with Crippen molar-refractivity contribution in [3.8, 4) is 11.4 Å². The lowest BCUT2D eigenvalue weighted by molar-refractivity contribution is 1.24. The molecule has 0 radical (unpaired) electrons. The number of hydrogen-bond acceptors (Lipinski definition) is 2. The van der Waals surface area contributed by atoms with Crippen LogP contribution in [0.2, 0.25) is 0 Å². The minimum Gasteiger partial charge on any atom is -0.255 e. The van der Waals surface area contributed by atoms with Crippen LogP contribution in [-0.4, -0.2) is 9.97 Å². The second kappa shape index (κ2) is 3.83. The highest BCUT2D eigenvalue weighted by molar-refractivity contribution is 14.1. The molecule has 2 heterocycles. The van der Waals surface area contributed by atoms with Gasteiger partial charge in [-0.2, -0.15) is 0 Å². The summed E-state index contributed by atoms with van der Waals surface area (Å²) in [5, 5.41) is 0. The van der Waals surface area contributed by atoms with Crippen molar-refractivity contribution in [1.82, 2.24) is 9.97 Å². The maximum Gasteiger partial charge on any atom is 0.0886 e. The van der Waals surface area contributed by atoms with Crippen molar-refractivity contribution in [1.29, 1.82) is 0 Å². The summed E-state index contributed by atoms with van der Waals surface area (Å²) in [7, 11) is 0. The minimum absolute atomic E-state index is 0.916. The Kier molecular flexibility index (Phi) is 2.54. The van der Waals surface area contributed by atoms with E-state index < -0.39 is 0 Å². The van der Waals surface area contributed by atoms with Crippen molar-refractivity contribution >= 4 is 22.6 Å². The topological polar surface area (TPSA) is 25.8 Å². The maximum atomic E-state index is 4.28. The second-order valence-electron chi connectivity index (χ2n) is 2.58. The van der Waals surface area contributed by atoms with Crippen LogP contribution in [0.3, 0.4) is 0 Å². The second-order valence-corrected chi connectivity index (χ2v) is 3.82. The van der Waals surface area contributed by atoms with Crippen molar-refractivity contribution in [3.63, 3.8) is 0 Å². The molecule has 0 N–H and O–H groups in total. The number of pyridine rings is 2. The third-order valence-electron chi connectivity index (χ3n) is 1.65. The molecule has 0 aliphatic rings. The summed E-state index contributed by atoms with van der Waals surface area (Å²) in [4.78, 5) is 8.49. The lowest BCUT2D eigenvalue weighted by Crippen LogP contribution is -1.85. The molecule has 0 atom stereocenters. The Morgan fingerprint density at radius 2 is 1.77 bits per heavy atom. The molecule has 13 heavy (non-hydrogen) atoms. The normalized spacial score (nSPS) is 9.92. The predicted octanol–water partition coefficient (Wildman–Crippen LogP) is 2.75. The summed E-state index contributed by atoms with van der Waals surface area (Å²) < 4.78 is 1.14. The van der Waals surface area contributed by atoms with Gasteiger partial charge in [-0.25, -0.2) is 0 Å². The van der Waals surface area contributed by atoms with E-state index in [1.54, 1.807) is 6.20 Å². The number of nitrogens with zero attached hydrogens (tertiary/aromatic N) is 2. The van der Waals surface area contributed by atoms with Gasteiger partial charge in [-0.15, -0.1) is 0 Å². The third-order valence-corrected chi connectivity index (χ3v) is 2.29. The Morgan fingerprint density at radius 3 is 2.38 bits per heavy atom. The molecule has 0 spiro atoms. The van der Waals surface area contributed by atoms with Gasteiger partial charge in [0.05, 0.1) is 11.4 Å². The quantitative estimate of drug-likeness (QED) is 0.752. The number of halogens is 1. The smallest absolute Gasteiger partial charge is 0.0886 e. The van der Waals surface area contributed by atoms with Gasteiger partial charge in [-0.3, -0.25) is 9.97 Å². The fourth-order valence-corrected chi connectivity index (χ4v) is 1.36. The molecule has 2 aromatic rings. The zero-order valence-electron chi connectivity index (χ0n) is 6.81. The molecule has 0 amide bonds. The van der Waals surface area contributed by atoms with Gasteiger partial charge in [0.15, 0.2) is 0 Å². The molecule has 0 bridgehead atoms. The van der Waals surface area contributed by atoms with Gasteiger partial charge in [0.2, 0.25) is 0 Å². The first-order valence-corrected chi connectivity index (χ1v) is 4.97. The van der Waals surface area contributed by atoms with Crippen LogP contribution in [0.1, 0.15) is 0 Å². The highest BCUT2D eigenvalue weighted by Gasteiger charge is 1.97. The minimum atomic E-state index is 0.916. The third kappa shape index (κ3) is 2.03. The van der Waals surface area contributed by atoms with Crippen LogP contribution in [0.5, 0.6) is 0 Å². The van der Waals surface area contributed by atoms with Crippen molar-refractivity contribution < 1.29 is 0 Å². The molecule has 0 aliphatic carbocycles. The number of aromatic nitrogens is 2. The van der Waals surface area contributed by atoms with E-state index in [-0.39, 0.29) is 0 Å². The molecule has 0 unspecified atom stereocenters. The van der Waals surface area contributed by atoms with E-state index in [0.29, 0.717) is 0 Å². The largest absolute Gasteiger partial charge is 0.255 e. The SMILES string of the molecule is Ic1ccc(-c2ccccn2)nc1. The lowest BCUT2D eigenvalue weighted by Gasteiger charge is -1.98. The van der Waals surface area contributed by atoms with E-state index in [1.165, 1.54) is 0 Å². The molecule has 0 aliphatic heterocycles. The summed E-state index contributed by atoms with van der Waals surface area (Å²) in [6.07, 6.45) is 3.61. The average molecular weight is 282 g/mol. The Bertz CT molecular complexity index is 383.